The van der Waals surface area contributed by atoms with E-state index in [2.05, 4.69) is 45.1 Å². The molecule has 1 fully saturated rings. The second-order valence-corrected chi connectivity index (χ2v) is 6.47. The molecule has 2 unspecified atom stereocenters. The van der Waals surface area contributed by atoms with E-state index in [0.29, 0.717) is 0 Å². The number of quaternary nitrogens is 1. The van der Waals surface area contributed by atoms with Gasteiger partial charge in [0.1, 0.15) is 0 Å². The minimum absolute atomic E-state index is 0.136. The zero-order valence-corrected chi connectivity index (χ0v) is 13.9. The van der Waals surface area contributed by atoms with Crippen LogP contribution >= 0.6 is 0 Å². The van der Waals surface area contributed by atoms with Crippen molar-refractivity contribution < 1.29 is 9.69 Å². The first-order chi connectivity index (χ1) is 10.0. The molecule has 1 aromatic rings. The fraction of sp³-hybridized carbons (Fsp3) is 0.611. The number of carbonyl (C=O) groups is 1. The fourth-order valence-corrected chi connectivity index (χ4v) is 3.52. The quantitative estimate of drug-likeness (QED) is 0.857. The molecule has 0 bridgehead atoms. The number of aryl methyl sites for hydroxylation is 3. The van der Waals surface area contributed by atoms with Crippen LogP contribution in [-0.2, 0) is 4.79 Å². The number of hydrogen-bond acceptors (Lipinski definition) is 1. The van der Waals surface area contributed by atoms with Gasteiger partial charge in [-0.3, -0.25) is 4.79 Å². The largest absolute Gasteiger partial charge is 0.325 e. The Hall–Kier alpha value is -1.35. The summed E-state index contributed by atoms with van der Waals surface area (Å²) >= 11 is 0. The van der Waals surface area contributed by atoms with E-state index in [-0.39, 0.29) is 11.9 Å². The van der Waals surface area contributed by atoms with Gasteiger partial charge in [0.05, 0.1) is 13.1 Å². The molecule has 0 radical (unpaired) electrons. The van der Waals surface area contributed by atoms with Crippen LogP contribution in [0.5, 0.6) is 0 Å². The highest BCUT2D eigenvalue weighted by Gasteiger charge is 2.34. The van der Waals surface area contributed by atoms with Crippen LogP contribution in [0.15, 0.2) is 12.1 Å². The van der Waals surface area contributed by atoms with Crippen molar-refractivity contribution in [3.8, 4) is 0 Å². The fourth-order valence-electron chi connectivity index (χ4n) is 3.52. The van der Waals surface area contributed by atoms with Crippen molar-refractivity contribution in [2.45, 2.75) is 59.4 Å². The highest BCUT2D eigenvalue weighted by molar-refractivity contribution is 5.95. The van der Waals surface area contributed by atoms with Crippen LogP contribution < -0.4 is 10.2 Å². The number of nitrogens with one attached hydrogen (secondary N) is 2. The second-order valence-electron chi connectivity index (χ2n) is 6.47. The van der Waals surface area contributed by atoms with Gasteiger partial charge in [0.2, 0.25) is 0 Å². The normalized spacial score (nSPS) is 21.5. The van der Waals surface area contributed by atoms with E-state index in [1.165, 1.54) is 29.7 Å². The van der Waals surface area contributed by atoms with E-state index in [1.54, 1.807) is 0 Å². The van der Waals surface area contributed by atoms with Crippen LogP contribution in [0.1, 0.15) is 49.3 Å². The monoisotopic (exact) mass is 289 g/mol. The molecule has 2 atom stereocenters. The Kier molecular flexibility index (Phi) is 5.40. The lowest BCUT2D eigenvalue weighted by Crippen LogP contribution is -3.14. The van der Waals surface area contributed by atoms with Crippen LogP contribution in [-0.4, -0.2) is 25.0 Å². The maximum atomic E-state index is 12.6. The van der Waals surface area contributed by atoms with Gasteiger partial charge in [0.15, 0.2) is 6.04 Å². The molecule has 1 saturated heterocycles. The Labute approximate surface area is 128 Å². The third-order valence-electron chi connectivity index (χ3n) is 4.58. The highest BCUT2D eigenvalue weighted by atomic mass is 16.2. The second kappa shape index (κ2) is 7.08. The van der Waals surface area contributed by atoms with Gasteiger partial charge < -0.3 is 10.2 Å². The lowest BCUT2D eigenvalue weighted by Gasteiger charge is -2.22. The van der Waals surface area contributed by atoms with Crippen LogP contribution in [0.4, 0.5) is 5.69 Å². The third kappa shape index (κ3) is 3.85. The summed E-state index contributed by atoms with van der Waals surface area (Å²) in [6, 6.07) is 4.41. The molecule has 0 saturated carbocycles. The molecule has 1 aliphatic rings. The summed E-state index contributed by atoms with van der Waals surface area (Å²) in [4.78, 5) is 14.1. The smallest absolute Gasteiger partial charge is 0.282 e. The minimum Gasteiger partial charge on any atom is -0.325 e. The Bertz CT molecular complexity index is 487. The molecule has 3 heteroatoms. The molecular formula is C18H29N2O+. The first-order valence-electron chi connectivity index (χ1n) is 8.26. The Balaban J connectivity index is 2.07. The zero-order chi connectivity index (χ0) is 15.4. The van der Waals surface area contributed by atoms with Crippen LogP contribution in [0, 0.1) is 20.8 Å². The Morgan fingerprint density at radius 1 is 1.29 bits per heavy atom. The maximum absolute atomic E-state index is 12.6. The van der Waals surface area contributed by atoms with Crippen molar-refractivity contribution >= 4 is 11.6 Å². The number of rotatable bonds is 5. The predicted octanol–water partition coefficient (Wildman–Crippen LogP) is 2.40. The Morgan fingerprint density at radius 2 is 1.95 bits per heavy atom. The summed E-state index contributed by atoms with van der Waals surface area (Å²) in [7, 11) is 0. The maximum Gasteiger partial charge on any atom is 0.282 e. The van der Waals surface area contributed by atoms with Crippen molar-refractivity contribution in [1.29, 1.82) is 0 Å². The summed E-state index contributed by atoms with van der Waals surface area (Å²) < 4.78 is 0. The summed E-state index contributed by atoms with van der Waals surface area (Å²) in [6.45, 7) is 10.7. The van der Waals surface area contributed by atoms with Crippen molar-refractivity contribution in [3.05, 3.63) is 28.8 Å². The van der Waals surface area contributed by atoms with Crippen molar-refractivity contribution in [1.82, 2.24) is 0 Å². The third-order valence-corrected chi connectivity index (χ3v) is 4.58. The van der Waals surface area contributed by atoms with E-state index in [0.717, 1.165) is 36.3 Å². The van der Waals surface area contributed by atoms with Gasteiger partial charge in [-0.25, -0.2) is 0 Å². The number of amides is 1. The topological polar surface area (TPSA) is 33.5 Å². The van der Waals surface area contributed by atoms with Crippen molar-refractivity contribution in [3.63, 3.8) is 0 Å². The average Bonchev–Trinajstić information content (AvgIpc) is 2.88. The van der Waals surface area contributed by atoms with Crippen LogP contribution in [0.2, 0.25) is 0 Å². The average molecular weight is 289 g/mol. The molecule has 3 nitrogen and oxygen atoms in total. The SMILES string of the molecule is CCCC[NH+]1CCCC1C(=O)Nc1c(C)cc(C)cc1C. The van der Waals surface area contributed by atoms with Gasteiger partial charge in [-0.15, -0.1) is 0 Å². The molecule has 1 aromatic carbocycles. The van der Waals surface area contributed by atoms with E-state index in [1.807, 2.05) is 0 Å². The summed E-state index contributed by atoms with van der Waals surface area (Å²) in [5.74, 6) is 0.202. The number of benzene rings is 1. The molecule has 0 aliphatic carbocycles. The standard InChI is InChI=1S/C18H28N2O/c1-5-6-9-20-10-7-8-16(20)18(21)19-17-14(3)11-13(2)12-15(17)4/h11-12,16H,5-10H2,1-4H3,(H,19,21)/p+1. The zero-order valence-electron chi connectivity index (χ0n) is 13.9. The van der Waals surface area contributed by atoms with Gasteiger partial charge >= 0.3 is 0 Å². The van der Waals surface area contributed by atoms with E-state index in [9.17, 15) is 4.79 Å². The first kappa shape index (κ1) is 16.0. The van der Waals surface area contributed by atoms with Gasteiger partial charge in [-0.2, -0.15) is 0 Å². The molecule has 1 aliphatic heterocycles. The molecule has 2 N–H and O–H groups in total. The van der Waals surface area contributed by atoms with Crippen molar-refractivity contribution in [2.24, 2.45) is 0 Å². The molecule has 1 heterocycles. The number of carbonyl (C=O) groups excluding carboxylic acids is 1. The number of anilines is 1. The first-order valence-corrected chi connectivity index (χ1v) is 8.26. The lowest BCUT2D eigenvalue weighted by molar-refractivity contribution is -0.903. The molecule has 21 heavy (non-hydrogen) atoms. The van der Waals surface area contributed by atoms with Crippen LogP contribution in [0.3, 0.4) is 0 Å². The summed E-state index contributed by atoms with van der Waals surface area (Å²) in [5.41, 5.74) is 4.58. The predicted molar refractivity (Wildman–Crippen MR) is 87.9 cm³/mol. The summed E-state index contributed by atoms with van der Waals surface area (Å²) in [6.07, 6.45) is 4.60. The lowest BCUT2D eigenvalue weighted by atomic mass is 10.0. The van der Waals surface area contributed by atoms with E-state index >= 15 is 0 Å². The Morgan fingerprint density at radius 3 is 2.57 bits per heavy atom. The van der Waals surface area contributed by atoms with Gasteiger partial charge in [0.25, 0.3) is 5.91 Å². The molecule has 1 amide bonds. The minimum atomic E-state index is 0.136. The van der Waals surface area contributed by atoms with Gasteiger partial charge in [-0.05, 0) is 38.3 Å². The molecule has 0 aromatic heterocycles. The van der Waals surface area contributed by atoms with E-state index in [4.69, 9.17) is 0 Å². The molecular weight excluding hydrogens is 260 g/mol. The summed E-state index contributed by atoms with van der Waals surface area (Å²) in [5, 5.41) is 3.19. The highest BCUT2D eigenvalue weighted by Crippen LogP contribution is 2.22. The number of unbranched alkanes of at least 4 members (excludes halogenated alkanes) is 1. The molecule has 2 rings (SSSR count). The van der Waals surface area contributed by atoms with E-state index < -0.39 is 0 Å². The number of hydrogen-bond donors (Lipinski definition) is 2. The number of likely N-dealkylation sites (tertiary alicyclic amines) is 1. The van der Waals surface area contributed by atoms with Gasteiger partial charge in [0, 0.05) is 18.5 Å². The molecule has 116 valence electrons. The van der Waals surface area contributed by atoms with Crippen LogP contribution in [0.25, 0.3) is 0 Å². The van der Waals surface area contributed by atoms with Gasteiger partial charge in [-0.1, -0.05) is 31.0 Å². The molecule has 0 spiro atoms. The van der Waals surface area contributed by atoms with Crippen molar-refractivity contribution in [2.75, 3.05) is 18.4 Å².